The Bertz CT molecular complexity index is 543. The molecule has 7 nitrogen and oxygen atoms in total. The molecule has 2 saturated heterocycles. The zero-order valence-electron chi connectivity index (χ0n) is 9.88. The molecule has 0 spiro atoms. The number of hydrogen-bond donors (Lipinski definition) is 1. The van der Waals surface area contributed by atoms with E-state index in [2.05, 4.69) is 15.9 Å². The molecule has 3 atom stereocenters. The average Bonchev–Trinajstić information content (AvgIpc) is 2.40. The second-order valence-electron chi connectivity index (χ2n) is 4.80. The molecule has 0 bridgehead atoms. The molecule has 0 radical (unpaired) electrons. The summed E-state index contributed by atoms with van der Waals surface area (Å²) in [7, 11) is -2.67. The van der Waals surface area contributed by atoms with Crippen molar-refractivity contribution in [2.75, 3.05) is 7.11 Å². The van der Waals surface area contributed by atoms with Gasteiger partial charge in [-0.1, -0.05) is 0 Å². The smallest absolute Gasteiger partial charge is 0.328 e. The van der Waals surface area contributed by atoms with Gasteiger partial charge >= 0.3 is 5.97 Å². The summed E-state index contributed by atoms with van der Waals surface area (Å²) in [6.45, 7) is 2.60. The van der Waals surface area contributed by atoms with E-state index in [4.69, 9.17) is 9.84 Å². The molecule has 2 rings (SSSR count). The average molecular weight is 342 g/mol. The van der Waals surface area contributed by atoms with Gasteiger partial charge in [0, 0.05) is 7.11 Å². The fourth-order valence-corrected chi connectivity index (χ4v) is 5.86. The second kappa shape index (κ2) is 3.45. The Balaban J connectivity index is 2.63. The van der Waals surface area contributed by atoms with E-state index in [9.17, 15) is 18.0 Å². The Hall–Kier alpha value is -0.670. The first-order valence-electron chi connectivity index (χ1n) is 5.06. The zero-order valence-corrected chi connectivity index (χ0v) is 12.3. The third-order valence-corrected chi connectivity index (χ3v) is 7.83. The lowest BCUT2D eigenvalue weighted by atomic mass is 9.97. The highest BCUT2D eigenvalue weighted by Gasteiger charge is 2.78. The number of sulfone groups is 1. The number of alkyl halides is 1. The maximum Gasteiger partial charge on any atom is 0.328 e. The van der Waals surface area contributed by atoms with Gasteiger partial charge in [0.25, 0.3) is 5.91 Å². The number of amides is 1. The molecular formula is C9H12BrNO6S. The Morgan fingerprint density at radius 2 is 2.00 bits per heavy atom. The highest BCUT2D eigenvalue weighted by molar-refractivity contribution is 9.10. The van der Waals surface area contributed by atoms with Crippen LogP contribution in [0.25, 0.3) is 0 Å². The van der Waals surface area contributed by atoms with E-state index in [1.165, 1.54) is 21.0 Å². The maximum atomic E-state index is 12.3. The van der Waals surface area contributed by atoms with Crippen molar-refractivity contribution in [1.82, 2.24) is 4.90 Å². The molecule has 0 aliphatic carbocycles. The largest absolute Gasteiger partial charge is 0.480 e. The van der Waals surface area contributed by atoms with E-state index < -0.39 is 42.4 Å². The van der Waals surface area contributed by atoms with Crippen molar-refractivity contribution >= 4 is 37.6 Å². The molecule has 2 fully saturated rings. The number of ether oxygens (including phenoxy) is 1. The Kier molecular flexibility index (Phi) is 2.64. The van der Waals surface area contributed by atoms with Gasteiger partial charge in [0.05, 0.1) is 0 Å². The van der Waals surface area contributed by atoms with E-state index in [-0.39, 0.29) is 0 Å². The van der Waals surface area contributed by atoms with Crippen molar-refractivity contribution in [2.45, 2.75) is 34.5 Å². The van der Waals surface area contributed by atoms with Crippen molar-refractivity contribution < 1.29 is 27.9 Å². The monoisotopic (exact) mass is 341 g/mol. The quantitative estimate of drug-likeness (QED) is 0.539. The van der Waals surface area contributed by atoms with Gasteiger partial charge in [-0.2, -0.15) is 0 Å². The van der Waals surface area contributed by atoms with Gasteiger partial charge in [-0.05, 0) is 29.8 Å². The Labute approximate surface area is 112 Å². The number of rotatable bonds is 2. The Morgan fingerprint density at radius 1 is 1.50 bits per heavy atom. The Morgan fingerprint density at radius 3 is 2.39 bits per heavy atom. The van der Waals surface area contributed by atoms with Gasteiger partial charge in [-0.15, -0.1) is 0 Å². The molecule has 9 heteroatoms. The van der Waals surface area contributed by atoms with Crippen LogP contribution in [-0.4, -0.2) is 58.1 Å². The molecule has 0 aromatic heterocycles. The number of hydrogen-bond acceptors (Lipinski definition) is 5. The molecule has 2 aliphatic heterocycles. The molecule has 0 saturated carbocycles. The number of carbonyl (C=O) groups excluding carboxylic acids is 1. The number of aliphatic carboxylic acids is 1. The minimum absolute atomic E-state index is 0.684. The van der Waals surface area contributed by atoms with Gasteiger partial charge in [0.15, 0.2) is 15.2 Å². The van der Waals surface area contributed by atoms with Crippen LogP contribution in [0.15, 0.2) is 0 Å². The predicted molar refractivity (Wildman–Crippen MR) is 63.7 cm³/mol. The summed E-state index contributed by atoms with van der Waals surface area (Å²) in [4.78, 5) is 24.0. The van der Waals surface area contributed by atoms with E-state index >= 15 is 0 Å². The van der Waals surface area contributed by atoms with Crippen LogP contribution in [0, 0.1) is 0 Å². The minimum atomic E-state index is -3.86. The standard InChI is InChI=1S/C9H12BrNO6S/c1-8(2)4(5(12)13)11-6(14)9(10,17-3)7(11)18(8,15)16/h4,7H,1-3H3,(H,12,13)/t4-,7+,9?/m0/s1. The third-order valence-electron chi connectivity index (χ3n) is 3.59. The molecule has 0 aromatic carbocycles. The number of carboxylic acids is 1. The van der Waals surface area contributed by atoms with Crippen molar-refractivity contribution in [3.05, 3.63) is 0 Å². The van der Waals surface area contributed by atoms with Gasteiger partial charge in [0.1, 0.15) is 10.8 Å². The van der Waals surface area contributed by atoms with Crippen LogP contribution in [0.3, 0.4) is 0 Å². The summed E-state index contributed by atoms with van der Waals surface area (Å²) >= 11 is 2.96. The molecule has 2 aliphatic rings. The van der Waals surface area contributed by atoms with Crippen molar-refractivity contribution in [1.29, 1.82) is 0 Å². The summed E-state index contributed by atoms with van der Waals surface area (Å²) in [5, 5.41) is 7.84. The highest BCUT2D eigenvalue weighted by Crippen LogP contribution is 2.54. The van der Waals surface area contributed by atoms with E-state index in [0.29, 0.717) is 0 Å². The summed E-state index contributed by atoms with van der Waals surface area (Å²) in [5.41, 5.74) is 0. The lowest BCUT2D eigenvalue weighted by Crippen LogP contribution is -2.72. The first kappa shape index (κ1) is 13.8. The van der Waals surface area contributed by atoms with Crippen LogP contribution in [0.4, 0.5) is 0 Å². The fraction of sp³-hybridized carbons (Fsp3) is 0.778. The van der Waals surface area contributed by atoms with Crippen LogP contribution >= 0.6 is 15.9 Å². The van der Waals surface area contributed by atoms with Gasteiger partial charge in [-0.3, -0.25) is 4.79 Å². The van der Waals surface area contributed by atoms with Crippen LogP contribution in [0.1, 0.15) is 13.8 Å². The number of halogens is 1. The molecule has 1 unspecified atom stereocenters. The molecule has 2 heterocycles. The number of methoxy groups -OCH3 is 1. The number of fused-ring (bicyclic) bond motifs is 1. The zero-order chi connectivity index (χ0) is 14.1. The number of carbonyl (C=O) groups is 2. The highest BCUT2D eigenvalue weighted by atomic mass is 79.9. The molecule has 1 amide bonds. The topological polar surface area (TPSA) is 101 Å². The van der Waals surface area contributed by atoms with Crippen LogP contribution in [0.2, 0.25) is 0 Å². The summed E-state index contributed by atoms with van der Waals surface area (Å²) in [5.74, 6) is -2.03. The summed E-state index contributed by atoms with van der Waals surface area (Å²) in [6.07, 6.45) is 0. The number of β-lactam (4-membered cyclic amide) rings is 1. The minimum Gasteiger partial charge on any atom is -0.480 e. The third kappa shape index (κ3) is 1.19. The first-order valence-corrected chi connectivity index (χ1v) is 7.40. The predicted octanol–water partition coefficient (Wildman–Crippen LogP) is -0.447. The van der Waals surface area contributed by atoms with E-state index in [0.717, 1.165) is 4.90 Å². The molecular weight excluding hydrogens is 330 g/mol. The first-order chi connectivity index (χ1) is 8.03. The molecule has 18 heavy (non-hydrogen) atoms. The van der Waals surface area contributed by atoms with Crippen molar-refractivity contribution in [3.8, 4) is 0 Å². The second-order valence-corrected chi connectivity index (χ2v) is 8.57. The number of carboxylic acid groups (broad SMARTS) is 1. The van der Waals surface area contributed by atoms with Crippen LogP contribution in [-0.2, 0) is 24.2 Å². The van der Waals surface area contributed by atoms with E-state index in [1.54, 1.807) is 0 Å². The number of nitrogens with zero attached hydrogens (tertiary/aromatic N) is 1. The van der Waals surface area contributed by atoms with Crippen molar-refractivity contribution in [2.24, 2.45) is 0 Å². The van der Waals surface area contributed by atoms with Gasteiger partial charge in [0.2, 0.25) is 4.51 Å². The lowest BCUT2D eigenvalue weighted by Gasteiger charge is -2.47. The van der Waals surface area contributed by atoms with Gasteiger partial charge in [-0.25, -0.2) is 13.2 Å². The SMILES string of the molecule is COC1(Br)C(=O)N2[C@@H](C(=O)O)C(C)(C)S(=O)(=O)[C@@H]21. The van der Waals surface area contributed by atoms with Crippen LogP contribution < -0.4 is 0 Å². The maximum absolute atomic E-state index is 12.3. The summed E-state index contributed by atoms with van der Waals surface area (Å²) < 4.78 is 26.4. The fourth-order valence-electron chi connectivity index (χ4n) is 2.49. The molecule has 1 N–H and O–H groups in total. The normalized spacial score (nSPS) is 40.2. The van der Waals surface area contributed by atoms with Crippen molar-refractivity contribution in [3.63, 3.8) is 0 Å². The molecule has 0 aromatic rings. The summed E-state index contributed by atoms with van der Waals surface area (Å²) in [6, 6.07) is -1.40. The van der Waals surface area contributed by atoms with Crippen LogP contribution in [0.5, 0.6) is 0 Å². The van der Waals surface area contributed by atoms with E-state index in [1.807, 2.05) is 0 Å². The van der Waals surface area contributed by atoms with Gasteiger partial charge < -0.3 is 14.7 Å². The molecule has 102 valence electrons. The lowest BCUT2D eigenvalue weighted by molar-refractivity contribution is -0.176.